The maximum atomic E-state index is 12.8. The average Bonchev–Trinajstić information content (AvgIpc) is 2.39. The number of hydrogen-bond donors (Lipinski definition) is 0. The molecule has 1 fully saturated rings. The minimum absolute atomic E-state index is 0.0559. The molecule has 1 aliphatic heterocycles. The van der Waals surface area contributed by atoms with Gasteiger partial charge in [-0.05, 0) is 17.7 Å². The van der Waals surface area contributed by atoms with E-state index in [9.17, 15) is 9.18 Å². The number of carbonyl (C=O) groups is 1. The van der Waals surface area contributed by atoms with E-state index < -0.39 is 0 Å². The molecule has 0 aliphatic carbocycles. The Balaban J connectivity index is 2.06. The summed E-state index contributed by atoms with van der Waals surface area (Å²) < 4.78 is 18.4. The van der Waals surface area contributed by atoms with Crippen LogP contribution in [-0.4, -0.2) is 35.8 Å². The van der Waals surface area contributed by atoms with Gasteiger partial charge in [-0.1, -0.05) is 28.1 Å². The van der Waals surface area contributed by atoms with Crippen LogP contribution in [0.15, 0.2) is 24.3 Å². The minimum Gasteiger partial charge on any atom is -0.370 e. The molecule has 1 unspecified atom stereocenters. The lowest BCUT2D eigenvalue weighted by Crippen LogP contribution is -2.42. The van der Waals surface area contributed by atoms with Gasteiger partial charge in [0.2, 0.25) is 5.91 Å². The van der Waals surface area contributed by atoms with Crippen LogP contribution in [0.5, 0.6) is 0 Å². The van der Waals surface area contributed by atoms with Crippen LogP contribution in [0.25, 0.3) is 0 Å². The zero-order valence-corrected chi connectivity index (χ0v) is 10.8. The fraction of sp³-hybridized carbons (Fsp3) is 0.417. The topological polar surface area (TPSA) is 29.5 Å². The van der Waals surface area contributed by atoms with Crippen molar-refractivity contribution in [3.05, 3.63) is 35.6 Å². The standard InChI is InChI=1S/C12H13BrFNO2/c13-7-12(16)15-5-6-17-11(8-15)9-1-3-10(14)4-2-9/h1-4,11H,5-8H2. The molecule has 0 saturated carbocycles. The third-order valence-electron chi connectivity index (χ3n) is 2.78. The van der Waals surface area contributed by atoms with Gasteiger partial charge in [-0.15, -0.1) is 0 Å². The Bertz CT molecular complexity index is 396. The summed E-state index contributed by atoms with van der Waals surface area (Å²) in [6.45, 7) is 1.65. The Kier molecular flexibility index (Phi) is 4.12. The fourth-order valence-electron chi connectivity index (χ4n) is 1.84. The molecule has 3 nitrogen and oxygen atoms in total. The van der Waals surface area contributed by atoms with Gasteiger partial charge in [0.1, 0.15) is 11.9 Å². The summed E-state index contributed by atoms with van der Waals surface area (Å²) in [6, 6.07) is 6.21. The van der Waals surface area contributed by atoms with Gasteiger partial charge in [0.15, 0.2) is 0 Å². The molecule has 1 aromatic rings. The number of rotatable bonds is 2. The monoisotopic (exact) mass is 301 g/mol. The van der Waals surface area contributed by atoms with Crippen molar-refractivity contribution in [2.24, 2.45) is 0 Å². The first kappa shape index (κ1) is 12.5. The van der Waals surface area contributed by atoms with Gasteiger partial charge in [0, 0.05) is 6.54 Å². The van der Waals surface area contributed by atoms with E-state index in [4.69, 9.17) is 4.74 Å². The molecule has 2 rings (SSSR count). The lowest BCUT2D eigenvalue weighted by molar-refractivity contribution is -0.136. The molecule has 1 amide bonds. The van der Waals surface area contributed by atoms with E-state index in [1.54, 1.807) is 17.0 Å². The number of amides is 1. The number of halogens is 2. The highest BCUT2D eigenvalue weighted by Crippen LogP contribution is 2.22. The first-order chi connectivity index (χ1) is 8.20. The van der Waals surface area contributed by atoms with Crippen molar-refractivity contribution in [2.75, 3.05) is 25.0 Å². The second kappa shape index (κ2) is 5.60. The quantitative estimate of drug-likeness (QED) is 0.783. The van der Waals surface area contributed by atoms with Crippen LogP contribution in [0.4, 0.5) is 4.39 Å². The zero-order chi connectivity index (χ0) is 12.3. The summed E-state index contributed by atoms with van der Waals surface area (Å²) in [5.74, 6) is -0.210. The van der Waals surface area contributed by atoms with Crippen LogP contribution in [0.1, 0.15) is 11.7 Å². The van der Waals surface area contributed by atoms with E-state index in [1.807, 2.05) is 0 Å². The van der Waals surface area contributed by atoms with E-state index in [2.05, 4.69) is 15.9 Å². The number of alkyl halides is 1. The number of ether oxygens (including phenoxy) is 1. The normalized spacial score (nSPS) is 20.4. The first-order valence-corrected chi connectivity index (χ1v) is 6.53. The van der Waals surface area contributed by atoms with Gasteiger partial charge in [-0.25, -0.2) is 4.39 Å². The summed E-state index contributed by atoms with van der Waals surface area (Å²) in [5, 5.41) is 0.323. The van der Waals surface area contributed by atoms with Crippen LogP contribution in [0, 0.1) is 5.82 Å². The lowest BCUT2D eigenvalue weighted by atomic mass is 10.1. The molecule has 0 radical (unpaired) electrons. The average molecular weight is 302 g/mol. The largest absolute Gasteiger partial charge is 0.370 e. The van der Waals surface area contributed by atoms with Crippen molar-refractivity contribution in [3.8, 4) is 0 Å². The van der Waals surface area contributed by atoms with E-state index >= 15 is 0 Å². The Labute approximate surface area is 108 Å². The molecule has 0 spiro atoms. The summed E-state index contributed by atoms with van der Waals surface area (Å²) in [6.07, 6.45) is -0.160. The van der Waals surface area contributed by atoms with Crippen molar-refractivity contribution in [3.63, 3.8) is 0 Å². The van der Waals surface area contributed by atoms with E-state index in [0.29, 0.717) is 25.0 Å². The molecule has 5 heteroatoms. The van der Waals surface area contributed by atoms with E-state index in [1.165, 1.54) is 12.1 Å². The van der Waals surface area contributed by atoms with Crippen LogP contribution >= 0.6 is 15.9 Å². The maximum Gasteiger partial charge on any atom is 0.233 e. The van der Waals surface area contributed by atoms with Crippen molar-refractivity contribution in [1.82, 2.24) is 4.90 Å². The predicted molar refractivity (Wildman–Crippen MR) is 65.5 cm³/mol. The minimum atomic E-state index is -0.266. The number of benzene rings is 1. The SMILES string of the molecule is O=C(CBr)N1CCOC(c2ccc(F)cc2)C1. The second-order valence-corrected chi connectivity index (χ2v) is 4.45. The Morgan fingerprint density at radius 2 is 2.18 bits per heavy atom. The van der Waals surface area contributed by atoms with E-state index in [-0.39, 0.29) is 17.8 Å². The van der Waals surface area contributed by atoms with Crippen molar-refractivity contribution in [1.29, 1.82) is 0 Å². The molecule has 1 heterocycles. The Hall–Kier alpha value is -0.940. The lowest BCUT2D eigenvalue weighted by Gasteiger charge is -2.32. The highest BCUT2D eigenvalue weighted by atomic mass is 79.9. The molecule has 1 atom stereocenters. The third-order valence-corrected chi connectivity index (χ3v) is 3.25. The number of morpholine rings is 1. The molecule has 1 aromatic carbocycles. The zero-order valence-electron chi connectivity index (χ0n) is 9.23. The predicted octanol–water partition coefficient (Wildman–Crippen LogP) is 2.12. The molecule has 0 N–H and O–H groups in total. The molecule has 92 valence electrons. The van der Waals surface area contributed by atoms with Gasteiger partial charge in [0.25, 0.3) is 0 Å². The summed E-state index contributed by atoms with van der Waals surface area (Å²) >= 11 is 3.15. The van der Waals surface area contributed by atoms with Gasteiger partial charge in [-0.3, -0.25) is 4.79 Å². The van der Waals surface area contributed by atoms with Crippen LogP contribution in [0.3, 0.4) is 0 Å². The van der Waals surface area contributed by atoms with Gasteiger partial charge in [-0.2, -0.15) is 0 Å². The molecule has 0 bridgehead atoms. The van der Waals surface area contributed by atoms with Gasteiger partial charge >= 0.3 is 0 Å². The summed E-state index contributed by atoms with van der Waals surface area (Å²) in [4.78, 5) is 13.3. The molecule has 1 aliphatic rings. The third kappa shape index (κ3) is 3.04. The molecule has 1 saturated heterocycles. The summed E-state index contributed by atoms with van der Waals surface area (Å²) in [5.41, 5.74) is 0.901. The molecular weight excluding hydrogens is 289 g/mol. The number of carbonyl (C=O) groups excluding carboxylic acids is 1. The Morgan fingerprint density at radius 1 is 1.47 bits per heavy atom. The molecular formula is C12H13BrFNO2. The van der Waals surface area contributed by atoms with Crippen molar-refractivity contribution < 1.29 is 13.9 Å². The van der Waals surface area contributed by atoms with Gasteiger partial charge in [0.05, 0.1) is 18.5 Å². The second-order valence-electron chi connectivity index (χ2n) is 3.88. The molecule has 0 aromatic heterocycles. The fourth-order valence-corrected chi connectivity index (χ4v) is 2.19. The van der Waals surface area contributed by atoms with Crippen LogP contribution < -0.4 is 0 Å². The maximum absolute atomic E-state index is 12.8. The summed E-state index contributed by atoms with van der Waals surface area (Å²) in [7, 11) is 0. The first-order valence-electron chi connectivity index (χ1n) is 5.41. The number of nitrogens with zero attached hydrogens (tertiary/aromatic N) is 1. The van der Waals surface area contributed by atoms with Crippen molar-refractivity contribution >= 4 is 21.8 Å². The Morgan fingerprint density at radius 3 is 2.82 bits per heavy atom. The van der Waals surface area contributed by atoms with Crippen molar-refractivity contribution in [2.45, 2.75) is 6.10 Å². The van der Waals surface area contributed by atoms with Gasteiger partial charge < -0.3 is 9.64 Å². The van der Waals surface area contributed by atoms with Crippen LogP contribution in [0.2, 0.25) is 0 Å². The number of hydrogen-bond acceptors (Lipinski definition) is 2. The smallest absolute Gasteiger partial charge is 0.233 e. The highest BCUT2D eigenvalue weighted by molar-refractivity contribution is 9.09. The van der Waals surface area contributed by atoms with E-state index in [0.717, 1.165) is 5.56 Å². The molecule has 17 heavy (non-hydrogen) atoms. The van der Waals surface area contributed by atoms with Crippen LogP contribution in [-0.2, 0) is 9.53 Å². The highest BCUT2D eigenvalue weighted by Gasteiger charge is 2.24.